The molecule has 1 aromatic rings. The van der Waals surface area contributed by atoms with Crippen LogP contribution in [0.4, 0.5) is 11.5 Å². The largest absolute Gasteiger partial charge is 0.476 e. The van der Waals surface area contributed by atoms with Crippen LogP contribution in [-0.2, 0) is 0 Å². The van der Waals surface area contributed by atoms with Gasteiger partial charge in [-0.1, -0.05) is 19.3 Å². The number of nitrogens with two attached hydrogens (primary N) is 1. The van der Waals surface area contributed by atoms with Crippen molar-refractivity contribution < 1.29 is 4.74 Å². The third-order valence-corrected chi connectivity index (χ3v) is 4.77. The van der Waals surface area contributed by atoms with Crippen LogP contribution >= 0.6 is 0 Å². The summed E-state index contributed by atoms with van der Waals surface area (Å²) in [5, 5.41) is 3.54. The van der Waals surface area contributed by atoms with Crippen molar-refractivity contribution in [2.75, 3.05) is 17.7 Å². The van der Waals surface area contributed by atoms with Gasteiger partial charge in [-0.05, 0) is 56.6 Å². The Bertz CT molecular complexity index is 467. The molecule has 1 atom stereocenters. The van der Waals surface area contributed by atoms with Gasteiger partial charge in [-0.3, -0.25) is 0 Å². The molecule has 1 aromatic heterocycles. The number of rotatable bonds is 6. The summed E-state index contributed by atoms with van der Waals surface area (Å²) in [6.07, 6.45) is 9.32. The van der Waals surface area contributed by atoms with Crippen molar-refractivity contribution in [3.8, 4) is 5.88 Å². The normalized spacial score (nSPS) is 21.0. The zero-order chi connectivity index (χ0) is 14.7. The molecule has 2 fully saturated rings. The maximum absolute atomic E-state index is 5.95. The molecule has 0 saturated heterocycles. The third kappa shape index (κ3) is 4.02. The fourth-order valence-corrected chi connectivity index (χ4v) is 3.11. The summed E-state index contributed by atoms with van der Waals surface area (Å²) in [5.74, 6) is 2.94. The van der Waals surface area contributed by atoms with Gasteiger partial charge in [0.15, 0.2) is 0 Å². The zero-order valence-corrected chi connectivity index (χ0v) is 13.0. The molecule has 0 spiro atoms. The van der Waals surface area contributed by atoms with E-state index in [1.54, 1.807) is 0 Å². The molecule has 0 bridgehead atoms. The van der Waals surface area contributed by atoms with Gasteiger partial charge in [-0.2, -0.15) is 4.98 Å². The smallest absolute Gasteiger partial charge is 0.239 e. The Balaban J connectivity index is 1.59. The number of aromatic nitrogens is 1. The lowest BCUT2D eigenvalue weighted by atomic mass is 9.84. The molecule has 3 N–H and O–H groups in total. The molecule has 2 saturated carbocycles. The third-order valence-electron chi connectivity index (χ3n) is 4.77. The van der Waals surface area contributed by atoms with E-state index in [4.69, 9.17) is 10.5 Å². The van der Waals surface area contributed by atoms with E-state index in [1.807, 2.05) is 12.1 Å². The van der Waals surface area contributed by atoms with Gasteiger partial charge >= 0.3 is 0 Å². The first-order valence-corrected chi connectivity index (χ1v) is 8.38. The molecule has 21 heavy (non-hydrogen) atoms. The number of nitrogen functional groups attached to an aromatic ring is 1. The first-order valence-electron chi connectivity index (χ1n) is 8.38. The molecule has 0 amide bonds. The summed E-state index contributed by atoms with van der Waals surface area (Å²) < 4.78 is 5.75. The van der Waals surface area contributed by atoms with Crippen molar-refractivity contribution in [3.63, 3.8) is 0 Å². The minimum Gasteiger partial charge on any atom is -0.476 e. The van der Waals surface area contributed by atoms with Crippen LogP contribution in [0.2, 0.25) is 0 Å². The average Bonchev–Trinajstić information content (AvgIpc) is 3.33. The Labute approximate surface area is 127 Å². The maximum Gasteiger partial charge on any atom is 0.239 e. The van der Waals surface area contributed by atoms with E-state index in [0.717, 1.165) is 18.3 Å². The van der Waals surface area contributed by atoms with Crippen LogP contribution in [0.25, 0.3) is 0 Å². The molecule has 2 aliphatic carbocycles. The Kier molecular flexibility index (Phi) is 4.51. The lowest BCUT2D eigenvalue weighted by molar-refractivity contribution is 0.290. The van der Waals surface area contributed by atoms with Crippen LogP contribution in [-0.4, -0.2) is 17.6 Å². The predicted octanol–water partition coefficient (Wildman–Crippen LogP) is 3.83. The Hall–Kier alpha value is -1.45. The molecule has 1 heterocycles. The number of anilines is 2. The van der Waals surface area contributed by atoms with E-state index in [0.29, 0.717) is 23.5 Å². The first-order chi connectivity index (χ1) is 10.2. The van der Waals surface area contributed by atoms with Crippen molar-refractivity contribution in [2.24, 2.45) is 11.8 Å². The monoisotopic (exact) mass is 289 g/mol. The van der Waals surface area contributed by atoms with E-state index in [2.05, 4.69) is 17.2 Å². The number of nitrogens with one attached hydrogen (secondary N) is 1. The van der Waals surface area contributed by atoms with Gasteiger partial charge in [-0.15, -0.1) is 0 Å². The summed E-state index contributed by atoms with van der Waals surface area (Å²) in [5.41, 5.74) is 6.59. The zero-order valence-electron chi connectivity index (χ0n) is 13.0. The van der Waals surface area contributed by atoms with Crippen molar-refractivity contribution in [1.82, 2.24) is 4.98 Å². The van der Waals surface area contributed by atoms with Gasteiger partial charge in [0.05, 0.1) is 12.3 Å². The van der Waals surface area contributed by atoms with Gasteiger partial charge in [0.25, 0.3) is 0 Å². The number of hydrogen-bond acceptors (Lipinski definition) is 4. The lowest BCUT2D eigenvalue weighted by Crippen LogP contribution is -2.28. The predicted molar refractivity (Wildman–Crippen MR) is 86.5 cm³/mol. The highest BCUT2D eigenvalue weighted by molar-refractivity contribution is 5.53. The van der Waals surface area contributed by atoms with E-state index in [1.165, 1.54) is 44.9 Å². The average molecular weight is 289 g/mol. The summed E-state index contributed by atoms with van der Waals surface area (Å²) >= 11 is 0. The maximum atomic E-state index is 5.95. The second kappa shape index (κ2) is 6.54. The summed E-state index contributed by atoms with van der Waals surface area (Å²) in [4.78, 5) is 4.55. The van der Waals surface area contributed by atoms with Gasteiger partial charge in [-0.25, -0.2) is 0 Å². The van der Waals surface area contributed by atoms with E-state index in [9.17, 15) is 0 Å². The lowest BCUT2D eigenvalue weighted by Gasteiger charge is -2.28. The quantitative estimate of drug-likeness (QED) is 0.835. The molecule has 116 valence electrons. The molecule has 4 nitrogen and oxygen atoms in total. The van der Waals surface area contributed by atoms with Gasteiger partial charge in [0.1, 0.15) is 5.82 Å². The van der Waals surface area contributed by atoms with Crippen LogP contribution in [0.1, 0.15) is 51.9 Å². The van der Waals surface area contributed by atoms with Crippen molar-refractivity contribution in [3.05, 3.63) is 12.1 Å². The molecule has 0 aromatic carbocycles. The second-order valence-corrected chi connectivity index (χ2v) is 6.68. The van der Waals surface area contributed by atoms with Gasteiger partial charge in [0, 0.05) is 6.04 Å². The van der Waals surface area contributed by atoms with Crippen molar-refractivity contribution in [2.45, 2.75) is 57.9 Å². The molecule has 2 aliphatic rings. The SMILES string of the molecule is CC(Nc1ccc(N)c(OCC2CC2)n1)C1CCCCC1. The van der Waals surface area contributed by atoms with Crippen LogP contribution < -0.4 is 15.8 Å². The summed E-state index contributed by atoms with van der Waals surface area (Å²) in [6, 6.07) is 4.31. The fourth-order valence-electron chi connectivity index (χ4n) is 3.11. The Morgan fingerprint density at radius 3 is 2.71 bits per heavy atom. The standard InChI is InChI=1S/C17H27N3O/c1-12(14-5-3-2-4-6-14)19-16-10-9-15(18)17(20-16)21-11-13-7-8-13/h9-10,12-14H,2-8,11,18H2,1H3,(H,19,20). The second-order valence-electron chi connectivity index (χ2n) is 6.68. The van der Waals surface area contributed by atoms with Crippen LogP contribution in [0, 0.1) is 11.8 Å². The molecular weight excluding hydrogens is 262 g/mol. The first kappa shape index (κ1) is 14.5. The van der Waals surface area contributed by atoms with E-state index >= 15 is 0 Å². The molecule has 0 aliphatic heterocycles. The topological polar surface area (TPSA) is 60.2 Å². The van der Waals surface area contributed by atoms with Crippen LogP contribution in [0.3, 0.4) is 0 Å². The number of hydrogen-bond donors (Lipinski definition) is 2. The highest BCUT2D eigenvalue weighted by Crippen LogP contribution is 2.31. The van der Waals surface area contributed by atoms with Gasteiger partial charge in [0.2, 0.25) is 5.88 Å². The van der Waals surface area contributed by atoms with E-state index in [-0.39, 0.29) is 0 Å². The van der Waals surface area contributed by atoms with Crippen molar-refractivity contribution in [1.29, 1.82) is 0 Å². The minimum absolute atomic E-state index is 0.456. The molecule has 1 unspecified atom stereocenters. The summed E-state index contributed by atoms with van der Waals surface area (Å²) in [7, 11) is 0. The minimum atomic E-state index is 0.456. The number of ether oxygens (including phenoxy) is 1. The summed E-state index contributed by atoms with van der Waals surface area (Å²) in [6.45, 7) is 3.01. The highest BCUT2D eigenvalue weighted by atomic mass is 16.5. The Morgan fingerprint density at radius 1 is 1.24 bits per heavy atom. The molecule has 3 rings (SSSR count). The number of pyridine rings is 1. The molecular formula is C17H27N3O. The van der Waals surface area contributed by atoms with Gasteiger partial charge < -0.3 is 15.8 Å². The number of nitrogens with zero attached hydrogens (tertiary/aromatic N) is 1. The van der Waals surface area contributed by atoms with Crippen LogP contribution in [0.5, 0.6) is 5.88 Å². The molecule has 0 radical (unpaired) electrons. The van der Waals surface area contributed by atoms with E-state index < -0.39 is 0 Å². The Morgan fingerprint density at radius 2 is 2.00 bits per heavy atom. The van der Waals surface area contributed by atoms with Crippen molar-refractivity contribution >= 4 is 11.5 Å². The molecule has 4 heteroatoms. The highest BCUT2D eigenvalue weighted by Gasteiger charge is 2.23. The van der Waals surface area contributed by atoms with Crippen LogP contribution in [0.15, 0.2) is 12.1 Å². The fraction of sp³-hybridized carbons (Fsp3) is 0.706.